The van der Waals surface area contributed by atoms with Crippen molar-refractivity contribution in [1.82, 2.24) is 4.98 Å². The maximum Gasteiger partial charge on any atom is 0.274 e. The summed E-state index contributed by atoms with van der Waals surface area (Å²) in [5.41, 5.74) is 7.54. The van der Waals surface area contributed by atoms with E-state index in [0.29, 0.717) is 17.1 Å². The van der Waals surface area contributed by atoms with Gasteiger partial charge in [-0.2, -0.15) is 0 Å². The smallest absolute Gasteiger partial charge is 0.274 e. The van der Waals surface area contributed by atoms with E-state index in [9.17, 15) is 9.90 Å². The van der Waals surface area contributed by atoms with Gasteiger partial charge in [0.25, 0.3) is 5.91 Å². The highest BCUT2D eigenvalue weighted by Crippen LogP contribution is 2.23. The van der Waals surface area contributed by atoms with Gasteiger partial charge in [0.15, 0.2) is 0 Å². The Labute approximate surface area is 121 Å². The molecule has 2 aromatic carbocycles. The highest BCUT2D eigenvalue weighted by atomic mass is 16.3. The third-order valence-electron chi connectivity index (χ3n) is 3.11. The average molecular weight is 279 g/mol. The molecule has 1 heterocycles. The maximum absolute atomic E-state index is 12.2. The Bertz CT molecular complexity index is 831. The molecule has 0 fully saturated rings. The Morgan fingerprint density at radius 1 is 1.10 bits per heavy atom. The SMILES string of the molecule is Nc1cc(O)ccc1NC(=O)c1ccc2ccccc2n1. The first-order valence-electron chi connectivity index (χ1n) is 6.39. The average Bonchev–Trinajstić information content (AvgIpc) is 2.49. The molecule has 3 aromatic rings. The number of para-hydroxylation sites is 1. The molecule has 0 spiro atoms. The van der Waals surface area contributed by atoms with E-state index >= 15 is 0 Å². The number of anilines is 2. The molecule has 0 saturated carbocycles. The minimum Gasteiger partial charge on any atom is -0.508 e. The number of rotatable bonds is 2. The van der Waals surface area contributed by atoms with Crippen molar-refractivity contribution in [1.29, 1.82) is 0 Å². The quantitative estimate of drug-likeness (QED) is 0.497. The van der Waals surface area contributed by atoms with Crippen LogP contribution in [-0.4, -0.2) is 16.0 Å². The van der Waals surface area contributed by atoms with Gasteiger partial charge in [-0.15, -0.1) is 0 Å². The molecule has 5 heteroatoms. The van der Waals surface area contributed by atoms with Gasteiger partial charge in [0.1, 0.15) is 11.4 Å². The van der Waals surface area contributed by atoms with Crippen LogP contribution in [0.15, 0.2) is 54.6 Å². The summed E-state index contributed by atoms with van der Waals surface area (Å²) in [4.78, 5) is 16.5. The lowest BCUT2D eigenvalue weighted by molar-refractivity contribution is 0.102. The van der Waals surface area contributed by atoms with E-state index in [1.807, 2.05) is 30.3 Å². The Morgan fingerprint density at radius 2 is 1.90 bits per heavy atom. The molecular weight excluding hydrogens is 266 g/mol. The van der Waals surface area contributed by atoms with Crippen LogP contribution in [0.2, 0.25) is 0 Å². The van der Waals surface area contributed by atoms with Gasteiger partial charge in [0.05, 0.1) is 16.9 Å². The van der Waals surface area contributed by atoms with Crippen LogP contribution in [0.3, 0.4) is 0 Å². The second kappa shape index (κ2) is 5.13. The molecular formula is C16H13N3O2. The molecule has 5 nitrogen and oxygen atoms in total. The van der Waals surface area contributed by atoms with Gasteiger partial charge in [-0.3, -0.25) is 4.79 Å². The number of hydrogen-bond acceptors (Lipinski definition) is 4. The molecule has 104 valence electrons. The fourth-order valence-electron chi connectivity index (χ4n) is 2.04. The van der Waals surface area contributed by atoms with Crippen molar-refractivity contribution >= 4 is 28.2 Å². The lowest BCUT2D eigenvalue weighted by Gasteiger charge is -2.08. The van der Waals surface area contributed by atoms with E-state index in [-0.39, 0.29) is 11.7 Å². The summed E-state index contributed by atoms with van der Waals surface area (Å²) in [5.74, 6) is -0.299. The molecule has 0 aliphatic carbocycles. The summed E-state index contributed by atoms with van der Waals surface area (Å²) < 4.78 is 0. The first-order chi connectivity index (χ1) is 10.1. The molecule has 1 amide bonds. The molecule has 3 rings (SSSR count). The maximum atomic E-state index is 12.2. The minimum absolute atomic E-state index is 0.0503. The molecule has 4 N–H and O–H groups in total. The van der Waals surface area contributed by atoms with Crippen LogP contribution in [0.25, 0.3) is 10.9 Å². The van der Waals surface area contributed by atoms with Crippen molar-refractivity contribution in [3.63, 3.8) is 0 Å². The summed E-state index contributed by atoms with van der Waals surface area (Å²) >= 11 is 0. The number of amides is 1. The minimum atomic E-state index is -0.349. The number of nitrogen functional groups attached to an aromatic ring is 1. The van der Waals surface area contributed by atoms with E-state index in [0.717, 1.165) is 10.9 Å². The molecule has 0 aliphatic rings. The topological polar surface area (TPSA) is 88.2 Å². The Morgan fingerprint density at radius 3 is 2.71 bits per heavy atom. The van der Waals surface area contributed by atoms with Crippen LogP contribution in [0.5, 0.6) is 5.75 Å². The van der Waals surface area contributed by atoms with E-state index in [4.69, 9.17) is 5.73 Å². The number of nitrogens with one attached hydrogen (secondary N) is 1. The van der Waals surface area contributed by atoms with Crippen molar-refractivity contribution in [3.8, 4) is 5.75 Å². The van der Waals surface area contributed by atoms with Crippen LogP contribution in [0.4, 0.5) is 11.4 Å². The summed E-state index contributed by atoms with van der Waals surface area (Å²) in [6.07, 6.45) is 0. The van der Waals surface area contributed by atoms with Crippen LogP contribution in [0, 0.1) is 0 Å². The molecule has 0 unspecified atom stereocenters. The number of carbonyl (C=O) groups is 1. The highest BCUT2D eigenvalue weighted by molar-refractivity contribution is 6.05. The number of benzene rings is 2. The van der Waals surface area contributed by atoms with Crippen LogP contribution >= 0.6 is 0 Å². The number of nitrogens with zero attached hydrogens (tertiary/aromatic N) is 1. The van der Waals surface area contributed by atoms with Crippen molar-refractivity contribution in [3.05, 3.63) is 60.3 Å². The number of pyridine rings is 1. The Hall–Kier alpha value is -3.08. The number of aromatic nitrogens is 1. The Kier molecular flexibility index (Phi) is 3.16. The summed E-state index contributed by atoms with van der Waals surface area (Å²) in [5, 5.41) is 13.0. The predicted octanol–water partition coefficient (Wildman–Crippen LogP) is 2.77. The van der Waals surface area contributed by atoms with Gasteiger partial charge in [-0.1, -0.05) is 24.3 Å². The lowest BCUT2D eigenvalue weighted by Crippen LogP contribution is -2.14. The van der Waals surface area contributed by atoms with Gasteiger partial charge >= 0.3 is 0 Å². The van der Waals surface area contributed by atoms with Crippen molar-refractivity contribution in [2.24, 2.45) is 0 Å². The van der Waals surface area contributed by atoms with Gasteiger partial charge < -0.3 is 16.2 Å². The third-order valence-corrected chi connectivity index (χ3v) is 3.11. The standard InChI is InChI=1S/C16H13N3O2/c17-12-9-11(20)6-8-14(12)19-16(21)15-7-5-10-3-1-2-4-13(10)18-15/h1-9,20H,17H2,(H,19,21). The summed E-state index contributed by atoms with van der Waals surface area (Å²) in [6, 6.07) is 15.5. The molecule has 21 heavy (non-hydrogen) atoms. The van der Waals surface area contributed by atoms with E-state index < -0.39 is 0 Å². The van der Waals surface area contributed by atoms with Crippen molar-refractivity contribution in [2.75, 3.05) is 11.1 Å². The zero-order valence-electron chi connectivity index (χ0n) is 11.1. The zero-order chi connectivity index (χ0) is 14.8. The highest BCUT2D eigenvalue weighted by Gasteiger charge is 2.10. The van der Waals surface area contributed by atoms with E-state index in [2.05, 4.69) is 10.3 Å². The van der Waals surface area contributed by atoms with Crippen LogP contribution in [-0.2, 0) is 0 Å². The fraction of sp³-hybridized carbons (Fsp3) is 0. The number of carbonyl (C=O) groups excluding carboxylic acids is 1. The molecule has 0 radical (unpaired) electrons. The summed E-state index contributed by atoms with van der Waals surface area (Å²) in [6.45, 7) is 0. The summed E-state index contributed by atoms with van der Waals surface area (Å²) in [7, 11) is 0. The second-order valence-electron chi connectivity index (χ2n) is 4.61. The molecule has 0 aliphatic heterocycles. The number of hydrogen-bond donors (Lipinski definition) is 3. The number of fused-ring (bicyclic) bond motifs is 1. The second-order valence-corrected chi connectivity index (χ2v) is 4.61. The van der Waals surface area contributed by atoms with Crippen molar-refractivity contribution in [2.45, 2.75) is 0 Å². The van der Waals surface area contributed by atoms with Crippen LogP contribution < -0.4 is 11.1 Å². The van der Waals surface area contributed by atoms with E-state index in [1.54, 1.807) is 12.1 Å². The fourth-order valence-corrected chi connectivity index (χ4v) is 2.04. The number of nitrogens with two attached hydrogens (primary N) is 1. The molecule has 0 atom stereocenters. The normalized spacial score (nSPS) is 10.5. The number of aromatic hydroxyl groups is 1. The lowest BCUT2D eigenvalue weighted by atomic mass is 10.2. The predicted molar refractivity (Wildman–Crippen MR) is 82.2 cm³/mol. The largest absolute Gasteiger partial charge is 0.508 e. The van der Waals surface area contributed by atoms with Crippen LogP contribution in [0.1, 0.15) is 10.5 Å². The number of phenolic OH excluding ortho intramolecular Hbond substituents is 1. The first kappa shape index (κ1) is 12.9. The zero-order valence-corrected chi connectivity index (χ0v) is 11.1. The molecule has 1 aromatic heterocycles. The molecule has 0 saturated heterocycles. The number of phenols is 1. The monoisotopic (exact) mass is 279 g/mol. The van der Waals surface area contributed by atoms with Gasteiger partial charge in [-0.05, 0) is 24.3 Å². The molecule has 0 bridgehead atoms. The third kappa shape index (κ3) is 2.62. The van der Waals surface area contributed by atoms with Crippen molar-refractivity contribution < 1.29 is 9.90 Å². The van der Waals surface area contributed by atoms with Gasteiger partial charge in [0, 0.05) is 11.5 Å². The van der Waals surface area contributed by atoms with Gasteiger partial charge in [0.2, 0.25) is 0 Å². The Balaban J connectivity index is 1.89. The van der Waals surface area contributed by atoms with E-state index in [1.165, 1.54) is 12.1 Å². The van der Waals surface area contributed by atoms with Gasteiger partial charge in [-0.25, -0.2) is 4.98 Å². The first-order valence-corrected chi connectivity index (χ1v) is 6.39.